The first-order valence-electron chi connectivity index (χ1n) is 10.8. The van der Waals surface area contributed by atoms with Crippen LogP contribution < -0.4 is 0 Å². The van der Waals surface area contributed by atoms with Gasteiger partial charge in [-0.15, -0.1) is 0 Å². The quantitative estimate of drug-likeness (QED) is 0.282. The van der Waals surface area contributed by atoms with Crippen LogP contribution in [0.3, 0.4) is 0 Å². The van der Waals surface area contributed by atoms with Gasteiger partial charge in [-0.05, 0) is 58.8 Å². The van der Waals surface area contributed by atoms with Crippen molar-refractivity contribution in [1.82, 2.24) is 0 Å². The molecule has 0 radical (unpaired) electrons. The minimum absolute atomic E-state index is 0.294. The maximum Gasteiger partial charge on any atom is 0.294 e. The van der Waals surface area contributed by atoms with Crippen molar-refractivity contribution < 1.29 is 19.6 Å². The summed E-state index contributed by atoms with van der Waals surface area (Å²) in [5.74, 6) is 2.34. The Morgan fingerprint density at radius 3 is 2.07 bits per heavy atom. The molecule has 2 saturated carbocycles. The first-order chi connectivity index (χ1) is 12.8. The van der Waals surface area contributed by atoms with Crippen LogP contribution in [0.5, 0.6) is 0 Å². The molecule has 0 aliphatic heterocycles. The van der Waals surface area contributed by atoms with Crippen molar-refractivity contribution in [2.75, 3.05) is 13.2 Å². The van der Waals surface area contributed by atoms with Crippen molar-refractivity contribution in [2.24, 2.45) is 17.8 Å². The van der Waals surface area contributed by atoms with Crippen LogP contribution in [0.25, 0.3) is 4.85 Å². The average molecular weight is 383 g/mol. The van der Waals surface area contributed by atoms with E-state index in [-0.39, 0.29) is 17.3 Å². The Hall–Kier alpha value is -0.670. The molecule has 2 aliphatic carbocycles. The molecule has 0 saturated heterocycles. The minimum Gasteiger partial charge on any atom is -0.233 e. The molecule has 0 amide bonds. The van der Waals surface area contributed by atoms with E-state index in [1.165, 1.54) is 6.42 Å². The highest BCUT2D eigenvalue weighted by Crippen LogP contribution is 2.67. The molecule has 3 atom stereocenters. The summed E-state index contributed by atoms with van der Waals surface area (Å²) >= 11 is 0. The van der Waals surface area contributed by atoms with Gasteiger partial charge in [-0.3, -0.25) is 0 Å². The van der Waals surface area contributed by atoms with E-state index in [1.54, 1.807) is 0 Å². The fraction of sp³-hybridized carbons (Fsp3) is 0.955. The molecule has 0 bridgehead atoms. The van der Waals surface area contributed by atoms with Crippen molar-refractivity contribution in [1.29, 1.82) is 0 Å². The Balaban J connectivity index is 1.76. The van der Waals surface area contributed by atoms with Gasteiger partial charge in [0.15, 0.2) is 6.10 Å². The summed E-state index contributed by atoms with van der Waals surface area (Å²) < 4.78 is 0. The zero-order valence-corrected chi connectivity index (χ0v) is 18.3. The lowest BCUT2D eigenvalue weighted by Crippen LogP contribution is -2.33. The predicted molar refractivity (Wildman–Crippen MR) is 107 cm³/mol. The summed E-state index contributed by atoms with van der Waals surface area (Å²) in [4.78, 5) is 27.0. The lowest BCUT2D eigenvalue weighted by molar-refractivity contribution is -0.411. The lowest BCUT2D eigenvalue weighted by atomic mass is 10.0. The Bertz CT molecular complexity index is 500. The van der Waals surface area contributed by atoms with Crippen LogP contribution in [-0.4, -0.2) is 30.5 Å². The molecule has 0 heterocycles. The summed E-state index contributed by atoms with van der Waals surface area (Å²) in [6, 6.07) is 3.25. The van der Waals surface area contributed by atoms with E-state index >= 15 is 0 Å². The zero-order chi connectivity index (χ0) is 19.9. The summed E-state index contributed by atoms with van der Waals surface area (Å²) in [7, 11) is 0. The molecule has 0 N–H and O–H groups in total. The number of hydrogen-bond acceptors (Lipinski definition) is 4. The first-order valence-corrected chi connectivity index (χ1v) is 10.8. The smallest absolute Gasteiger partial charge is 0.233 e. The standard InChI is InChI=1S/C22H40NO4/c1-7-9-11-21(3,4)26-24-16-17(14-23-15-20-18-13-19(18)20)25-27-22(5,6)12-10-8-2/h17-20H,7-14,16H2,1-6H3/q+1. The van der Waals surface area contributed by atoms with Gasteiger partial charge in [0, 0.05) is 0 Å². The van der Waals surface area contributed by atoms with Crippen molar-refractivity contribution >= 4 is 0 Å². The highest BCUT2D eigenvalue weighted by atomic mass is 17.2. The fourth-order valence-electron chi connectivity index (χ4n) is 3.10. The maximum atomic E-state index is 5.72. The average Bonchev–Trinajstić information content (AvgIpc) is 3.51. The molecule has 0 aromatic heterocycles. The molecule has 5 nitrogen and oxygen atoms in total. The zero-order valence-electron chi connectivity index (χ0n) is 18.3. The second-order valence-electron chi connectivity index (χ2n) is 9.45. The molecule has 2 fully saturated rings. The van der Waals surface area contributed by atoms with Gasteiger partial charge in [0.2, 0.25) is 0 Å². The topological polar surface area (TPSA) is 41.3 Å². The third-order valence-electron chi connectivity index (χ3n) is 5.42. The molecule has 2 aliphatic rings. The van der Waals surface area contributed by atoms with Gasteiger partial charge >= 0.3 is 0 Å². The normalized spacial score (nSPS) is 24.7. The predicted octanol–water partition coefficient (Wildman–Crippen LogP) is 5.79. The van der Waals surface area contributed by atoms with E-state index in [1.807, 2.05) is 13.8 Å². The molecular weight excluding hydrogens is 342 g/mol. The summed E-state index contributed by atoms with van der Waals surface area (Å²) in [5, 5.41) is 0. The van der Waals surface area contributed by atoms with E-state index in [2.05, 4.69) is 38.6 Å². The molecule has 2 rings (SSSR count). The van der Waals surface area contributed by atoms with Crippen LogP contribution in [0.15, 0.2) is 0 Å². The monoisotopic (exact) mass is 382 g/mol. The second kappa shape index (κ2) is 10.2. The number of fused-ring (bicyclic) bond motifs is 1. The van der Waals surface area contributed by atoms with Crippen molar-refractivity contribution in [3.63, 3.8) is 0 Å². The van der Waals surface area contributed by atoms with Gasteiger partial charge in [0.25, 0.3) is 12.6 Å². The number of hydrogen-bond donors (Lipinski definition) is 0. The first kappa shape index (κ1) is 22.6. The third-order valence-corrected chi connectivity index (χ3v) is 5.42. The van der Waals surface area contributed by atoms with Crippen LogP contribution >= 0.6 is 0 Å². The van der Waals surface area contributed by atoms with E-state index in [4.69, 9.17) is 19.6 Å². The second-order valence-corrected chi connectivity index (χ2v) is 9.45. The number of unbranched alkanes of at least 4 members (excludes halogenated alkanes) is 2. The van der Waals surface area contributed by atoms with Gasteiger partial charge in [-0.1, -0.05) is 44.4 Å². The van der Waals surface area contributed by atoms with Gasteiger partial charge in [-0.2, -0.15) is 0 Å². The van der Waals surface area contributed by atoms with Crippen molar-refractivity contribution in [3.05, 3.63) is 4.85 Å². The molecule has 156 valence electrons. The highest BCUT2D eigenvalue weighted by Gasteiger charge is 2.67. The van der Waals surface area contributed by atoms with Gasteiger partial charge in [-0.25, -0.2) is 19.6 Å². The van der Waals surface area contributed by atoms with E-state index in [9.17, 15) is 0 Å². The molecular formula is C22H40NO4+. The summed E-state index contributed by atoms with van der Waals surface area (Å²) in [6.45, 7) is 13.3. The van der Waals surface area contributed by atoms with Crippen LogP contribution in [-0.2, 0) is 19.6 Å². The van der Waals surface area contributed by atoms with Gasteiger partial charge < -0.3 is 0 Å². The van der Waals surface area contributed by atoms with Gasteiger partial charge in [0.05, 0.1) is 17.1 Å². The molecule has 0 aromatic carbocycles. The summed E-state index contributed by atoms with van der Waals surface area (Å²) in [6.07, 6.45) is 7.51. The Kier molecular flexibility index (Phi) is 8.55. The fourth-order valence-corrected chi connectivity index (χ4v) is 3.10. The molecule has 27 heavy (non-hydrogen) atoms. The number of rotatable bonds is 14. The molecule has 0 aromatic rings. The minimum atomic E-state index is -0.318. The van der Waals surface area contributed by atoms with Crippen molar-refractivity contribution in [3.8, 4) is 6.07 Å². The van der Waals surface area contributed by atoms with E-state index in [0.29, 0.717) is 19.1 Å². The third kappa shape index (κ3) is 8.48. The molecule has 3 unspecified atom stereocenters. The maximum absolute atomic E-state index is 5.72. The molecule has 0 spiro atoms. The van der Waals surface area contributed by atoms with Crippen LogP contribution in [0.4, 0.5) is 0 Å². The molecule has 5 heteroatoms. The largest absolute Gasteiger partial charge is 0.294 e. The van der Waals surface area contributed by atoms with Crippen molar-refractivity contribution in [2.45, 2.75) is 104 Å². The van der Waals surface area contributed by atoms with E-state index < -0.39 is 0 Å². The van der Waals surface area contributed by atoms with Gasteiger partial charge in [0.1, 0.15) is 6.61 Å². The van der Waals surface area contributed by atoms with Crippen LogP contribution in [0.2, 0.25) is 0 Å². The SMILES string of the molecule is CCCCC(C)(C)OOCC(C[N+]#CC1C2CC12)OOC(C)(C)CCCC. The van der Waals surface area contributed by atoms with Crippen LogP contribution in [0, 0.1) is 23.8 Å². The Morgan fingerprint density at radius 1 is 0.963 bits per heavy atom. The number of nitrogens with zero attached hydrogens (tertiary/aromatic N) is 1. The lowest BCUT2D eigenvalue weighted by Gasteiger charge is -2.26. The Morgan fingerprint density at radius 2 is 1.56 bits per heavy atom. The Labute approximate surface area is 165 Å². The summed E-state index contributed by atoms with van der Waals surface area (Å²) in [5.41, 5.74) is -0.618. The highest BCUT2D eigenvalue weighted by molar-refractivity contribution is 5.23. The van der Waals surface area contributed by atoms with Crippen LogP contribution in [0.1, 0.15) is 86.5 Å². The van der Waals surface area contributed by atoms with E-state index in [0.717, 1.165) is 50.4 Å².